The van der Waals surface area contributed by atoms with Crippen LogP contribution in [0.15, 0.2) is 59.8 Å². The molecule has 3 amide bonds. The van der Waals surface area contributed by atoms with Gasteiger partial charge >= 0.3 is 18.0 Å². The van der Waals surface area contributed by atoms with E-state index in [2.05, 4.69) is 10.6 Å². The zero-order chi connectivity index (χ0) is 23.5. The second kappa shape index (κ2) is 9.33. The molecule has 1 atom stereocenters. The molecule has 2 heterocycles. The van der Waals surface area contributed by atoms with Crippen molar-refractivity contribution in [3.63, 3.8) is 0 Å². The molecule has 2 aromatic carbocycles. The third-order valence-corrected chi connectivity index (χ3v) is 5.44. The Balaban J connectivity index is 1.50. The van der Waals surface area contributed by atoms with Crippen molar-refractivity contribution in [3.8, 4) is 0 Å². The van der Waals surface area contributed by atoms with Crippen LogP contribution in [0.5, 0.6) is 0 Å². The van der Waals surface area contributed by atoms with Gasteiger partial charge in [0.15, 0.2) is 0 Å². The summed E-state index contributed by atoms with van der Waals surface area (Å²) in [6.45, 7) is 1.55. The van der Waals surface area contributed by atoms with Crippen molar-refractivity contribution in [2.45, 2.75) is 13.0 Å². The maximum absolute atomic E-state index is 12.8. The molecule has 4 rings (SSSR count). The summed E-state index contributed by atoms with van der Waals surface area (Å²) in [6, 6.07) is 11.7. The van der Waals surface area contributed by atoms with E-state index in [9.17, 15) is 19.2 Å². The Kier molecular flexibility index (Phi) is 6.32. The topological polar surface area (TPSA) is 114 Å². The van der Waals surface area contributed by atoms with E-state index in [1.54, 1.807) is 43.3 Å². The van der Waals surface area contributed by atoms with Gasteiger partial charge in [0.05, 0.1) is 29.5 Å². The van der Waals surface area contributed by atoms with Crippen molar-refractivity contribution in [1.29, 1.82) is 0 Å². The van der Waals surface area contributed by atoms with Crippen molar-refractivity contribution in [3.05, 3.63) is 76.0 Å². The highest BCUT2D eigenvalue weighted by atomic mass is 35.5. The number of amides is 3. The summed E-state index contributed by atoms with van der Waals surface area (Å²) in [7, 11) is 0. The monoisotopic (exact) mass is 469 g/mol. The van der Waals surface area contributed by atoms with Crippen LogP contribution in [-0.4, -0.2) is 48.5 Å². The predicted molar refractivity (Wildman–Crippen MR) is 118 cm³/mol. The zero-order valence-electron chi connectivity index (χ0n) is 17.6. The summed E-state index contributed by atoms with van der Waals surface area (Å²) < 4.78 is 10.1. The predicted octanol–water partition coefficient (Wildman–Crippen LogP) is 3.03. The van der Waals surface area contributed by atoms with Gasteiger partial charge in [-0.25, -0.2) is 14.4 Å². The third-order valence-electron chi connectivity index (χ3n) is 5.18. The molecule has 170 valence electrons. The lowest BCUT2D eigenvalue weighted by molar-refractivity contribution is -0.136. The third kappa shape index (κ3) is 4.68. The van der Waals surface area contributed by atoms with E-state index in [4.69, 9.17) is 21.1 Å². The smallest absolute Gasteiger partial charge is 0.338 e. The van der Waals surface area contributed by atoms with E-state index in [1.807, 2.05) is 0 Å². The van der Waals surface area contributed by atoms with Gasteiger partial charge in [0.25, 0.3) is 0 Å². The largest absolute Gasteiger partial charge is 0.462 e. The summed E-state index contributed by atoms with van der Waals surface area (Å²) in [5.74, 6) is -1.49. The quantitative estimate of drug-likeness (QED) is 0.628. The number of esters is 2. The van der Waals surface area contributed by atoms with E-state index in [0.29, 0.717) is 27.5 Å². The zero-order valence-corrected chi connectivity index (χ0v) is 18.3. The van der Waals surface area contributed by atoms with Gasteiger partial charge in [-0.3, -0.25) is 9.69 Å². The van der Waals surface area contributed by atoms with Crippen LogP contribution in [-0.2, 0) is 19.1 Å². The maximum Gasteiger partial charge on any atom is 0.338 e. The first-order chi connectivity index (χ1) is 15.9. The fourth-order valence-corrected chi connectivity index (χ4v) is 3.76. The van der Waals surface area contributed by atoms with E-state index >= 15 is 0 Å². The minimum absolute atomic E-state index is 0.104. The molecule has 0 unspecified atom stereocenters. The highest BCUT2D eigenvalue weighted by Crippen LogP contribution is 2.35. The molecule has 33 heavy (non-hydrogen) atoms. The number of nitrogens with zero attached hydrogens (tertiary/aromatic N) is 1. The molecule has 10 heteroatoms. The molecule has 0 fully saturated rings. The number of urea groups is 1. The first-order valence-electron chi connectivity index (χ1n) is 10.2. The lowest BCUT2D eigenvalue weighted by Gasteiger charge is -2.32. The molecule has 0 saturated carbocycles. The molecule has 2 aromatic rings. The summed E-state index contributed by atoms with van der Waals surface area (Å²) in [6.07, 6.45) is 0. The number of carbonyl (C=O) groups is 4. The van der Waals surface area contributed by atoms with Gasteiger partial charge in [0.2, 0.25) is 5.91 Å². The Labute approximate surface area is 194 Å². The van der Waals surface area contributed by atoms with Crippen LogP contribution in [0.2, 0.25) is 5.02 Å². The molecule has 0 saturated heterocycles. The van der Waals surface area contributed by atoms with E-state index in [-0.39, 0.29) is 25.3 Å². The number of anilines is 1. The SMILES string of the molecule is CCOC(=O)c1ccc(NC(=O)CN2C(=O)N[C@H](c3ccc(Cl)cc3)C3=C2COC3=O)cc1. The average Bonchev–Trinajstić information content (AvgIpc) is 3.18. The maximum atomic E-state index is 12.8. The number of halogens is 1. The Morgan fingerprint density at radius 2 is 1.85 bits per heavy atom. The second-order valence-electron chi connectivity index (χ2n) is 7.30. The van der Waals surface area contributed by atoms with Crippen LogP contribution in [0.3, 0.4) is 0 Å². The summed E-state index contributed by atoms with van der Waals surface area (Å²) >= 11 is 5.94. The molecule has 9 nitrogen and oxygen atoms in total. The highest BCUT2D eigenvalue weighted by molar-refractivity contribution is 6.30. The van der Waals surface area contributed by atoms with Gasteiger partial charge in [-0.1, -0.05) is 23.7 Å². The van der Waals surface area contributed by atoms with Gasteiger partial charge in [0, 0.05) is 10.7 Å². The normalized spacial score (nSPS) is 17.3. The molecule has 0 bridgehead atoms. The molecular weight excluding hydrogens is 450 g/mol. The minimum Gasteiger partial charge on any atom is -0.462 e. The lowest BCUT2D eigenvalue weighted by atomic mass is 9.96. The lowest BCUT2D eigenvalue weighted by Crippen LogP contribution is -2.49. The van der Waals surface area contributed by atoms with Gasteiger partial charge in [0.1, 0.15) is 13.2 Å². The van der Waals surface area contributed by atoms with Gasteiger partial charge < -0.3 is 20.1 Å². The molecule has 0 radical (unpaired) electrons. The van der Waals surface area contributed by atoms with E-state index in [1.165, 1.54) is 17.0 Å². The Hall–Kier alpha value is -3.85. The van der Waals surface area contributed by atoms with Crippen LogP contribution >= 0.6 is 11.6 Å². The summed E-state index contributed by atoms with van der Waals surface area (Å²) in [5, 5.41) is 5.96. The van der Waals surface area contributed by atoms with Crippen molar-refractivity contribution >= 4 is 41.2 Å². The molecular formula is C23H20ClN3O6. The highest BCUT2D eigenvalue weighted by Gasteiger charge is 2.42. The first kappa shape index (κ1) is 22.3. The number of hydrogen-bond acceptors (Lipinski definition) is 6. The van der Waals surface area contributed by atoms with E-state index < -0.39 is 29.9 Å². The standard InChI is InChI=1S/C23H20ClN3O6/c1-2-32-21(29)14-5-9-16(10-6-14)25-18(28)11-27-17-12-33-22(30)19(17)20(26-23(27)31)13-3-7-15(24)8-4-13/h3-10,20H,2,11-12H2,1H3,(H,25,28)(H,26,31)/t20-/m1/s1. The number of rotatable bonds is 6. The fraction of sp³-hybridized carbons (Fsp3) is 0.217. The summed E-state index contributed by atoms with van der Waals surface area (Å²) in [4.78, 5) is 50.8. The van der Waals surface area contributed by atoms with Crippen LogP contribution in [0, 0.1) is 0 Å². The number of carbonyl (C=O) groups excluding carboxylic acids is 4. The second-order valence-corrected chi connectivity index (χ2v) is 7.74. The Bertz CT molecular complexity index is 1140. The average molecular weight is 470 g/mol. The molecule has 0 aliphatic carbocycles. The van der Waals surface area contributed by atoms with Crippen molar-refractivity contribution in [2.75, 3.05) is 25.1 Å². The van der Waals surface area contributed by atoms with Gasteiger partial charge in [-0.2, -0.15) is 0 Å². The van der Waals surface area contributed by atoms with Crippen LogP contribution in [0.25, 0.3) is 0 Å². The molecule has 0 spiro atoms. The van der Waals surface area contributed by atoms with E-state index in [0.717, 1.165) is 0 Å². The number of ether oxygens (including phenoxy) is 2. The summed E-state index contributed by atoms with van der Waals surface area (Å²) in [5.41, 5.74) is 2.09. The van der Waals surface area contributed by atoms with Crippen molar-refractivity contribution in [2.24, 2.45) is 0 Å². The fourth-order valence-electron chi connectivity index (χ4n) is 3.63. The van der Waals surface area contributed by atoms with Crippen molar-refractivity contribution < 1.29 is 28.7 Å². The number of benzene rings is 2. The number of cyclic esters (lactones) is 1. The van der Waals surface area contributed by atoms with Gasteiger partial charge in [-0.15, -0.1) is 0 Å². The molecule has 2 aliphatic rings. The van der Waals surface area contributed by atoms with Crippen molar-refractivity contribution in [1.82, 2.24) is 10.2 Å². The van der Waals surface area contributed by atoms with Gasteiger partial charge in [-0.05, 0) is 48.9 Å². The molecule has 2 N–H and O–H groups in total. The molecule has 2 aliphatic heterocycles. The van der Waals surface area contributed by atoms with Crippen LogP contribution < -0.4 is 10.6 Å². The van der Waals surface area contributed by atoms with Crippen LogP contribution in [0.4, 0.5) is 10.5 Å². The minimum atomic E-state index is -0.700. The number of hydrogen-bond donors (Lipinski definition) is 2. The number of nitrogens with one attached hydrogen (secondary N) is 2. The van der Waals surface area contributed by atoms with Crippen LogP contribution in [0.1, 0.15) is 28.9 Å². The molecule has 0 aromatic heterocycles. The Morgan fingerprint density at radius 3 is 2.52 bits per heavy atom. The first-order valence-corrected chi connectivity index (χ1v) is 10.6. The Morgan fingerprint density at radius 1 is 1.15 bits per heavy atom.